The number of para-hydroxylation sites is 1. The Morgan fingerprint density at radius 1 is 0.560 bits per heavy atom. The van der Waals surface area contributed by atoms with Crippen molar-refractivity contribution in [3.8, 4) is 22.3 Å². The molecule has 0 amide bonds. The standard InChI is InChI=1S/C23H18N2/c1-4-10-18(11-5-1)20-16-22(19-12-6-2-7-13-19)23(24-17-20)25-21-14-8-3-9-15-21/h1-17H,(H,24,25). The molecule has 0 bridgehead atoms. The van der Waals surface area contributed by atoms with E-state index in [0.717, 1.165) is 28.2 Å². The molecular weight excluding hydrogens is 304 g/mol. The van der Waals surface area contributed by atoms with Crippen molar-refractivity contribution in [2.45, 2.75) is 0 Å². The Kier molecular flexibility index (Phi) is 4.25. The van der Waals surface area contributed by atoms with E-state index in [1.807, 2.05) is 60.8 Å². The fourth-order valence-electron chi connectivity index (χ4n) is 2.85. The first-order valence-corrected chi connectivity index (χ1v) is 8.33. The van der Waals surface area contributed by atoms with Crippen LogP contribution in [0, 0.1) is 0 Å². The Bertz CT molecular complexity index is 949. The first kappa shape index (κ1) is 15.2. The SMILES string of the molecule is c1ccc(Nc2ncc(-c3ccccc3)cc2-c2ccccc2)cc1. The van der Waals surface area contributed by atoms with Crippen LogP contribution in [0.2, 0.25) is 0 Å². The molecule has 120 valence electrons. The summed E-state index contributed by atoms with van der Waals surface area (Å²) in [6.07, 6.45) is 1.92. The second-order valence-electron chi connectivity index (χ2n) is 5.84. The van der Waals surface area contributed by atoms with Crippen molar-refractivity contribution in [2.75, 3.05) is 5.32 Å². The summed E-state index contributed by atoms with van der Waals surface area (Å²) in [7, 11) is 0. The zero-order valence-corrected chi connectivity index (χ0v) is 13.8. The maximum absolute atomic E-state index is 4.72. The third-order valence-corrected chi connectivity index (χ3v) is 4.12. The number of pyridine rings is 1. The van der Waals surface area contributed by atoms with E-state index in [1.165, 1.54) is 5.56 Å². The van der Waals surface area contributed by atoms with Crippen LogP contribution in [0.5, 0.6) is 0 Å². The molecule has 0 spiro atoms. The van der Waals surface area contributed by atoms with E-state index in [-0.39, 0.29) is 0 Å². The largest absolute Gasteiger partial charge is 0.340 e. The van der Waals surface area contributed by atoms with Gasteiger partial charge in [0.15, 0.2) is 0 Å². The Morgan fingerprint density at radius 3 is 1.76 bits per heavy atom. The van der Waals surface area contributed by atoms with Gasteiger partial charge in [0, 0.05) is 23.0 Å². The summed E-state index contributed by atoms with van der Waals surface area (Å²) in [5, 5.41) is 3.44. The number of anilines is 2. The number of aromatic nitrogens is 1. The van der Waals surface area contributed by atoms with E-state index < -0.39 is 0 Å². The molecule has 2 heteroatoms. The monoisotopic (exact) mass is 322 g/mol. The zero-order chi connectivity index (χ0) is 16.9. The van der Waals surface area contributed by atoms with E-state index in [0.29, 0.717) is 0 Å². The van der Waals surface area contributed by atoms with Gasteiger partial charge in [0.1, 0.15) is 5.82 Å². The van der Waals surface area contributed by atoms with Gasteiger partial charge in [-0.15, -0.1) is 0 Å². The van der Waals surface area contributed by atoms with Crippen molar-refractivity contribution in [3.63, 3.8) is 0 Å². The average molecular weight is 322 g/mol. The predicted molar refractivity (Wildman–Crippen MR) is 105 cm³/mol. The topological polar surface area (TPSA) is 24.9 Å². The molecule has 0 aliphatic rings. The predicted octanol–water partition coefficient (Wildman–Crippen LogP) is 6.16. The van der Waals surface area contributed by atoms with Gasteiger partial charge in [0.05, 0.1) is 0 Å². The summed E-state index contributed by atoms with van der Waals surface area (Å²) in [4.78, 5) is 4.72. The molecule has 25 heavy (non-hydrogen) atoms. The van der Waals surface area contributed by atoms with Crippen LogP contribution in [0.1, 0.15) is 0 Å². The first-order chi connectivity index (χ1) is 12.4. The second-order valence-corrected chi connectivity index (χ2v) is 5.84. The summed E-state index contributed by atoms with van der Waals surface area (Å²) >= 11 is 0. The van der Waals surface area contributed by atoms with Crippen LogP contribution in [0.15, 0.2) is 103 Å². The Balaban J connectivity index is 1.81. The molecular formula is C23H18N2. The van der Waals surface area contributed by atoms with Gasteiger partial charge in [-0.05, 0) is 29.3 Å². The third-order valence-electron chi connectivity index (χ3n) is 4.12. The lowest BCUT2D eigenvalue weighted by Gasteiger charge is -2.13. The number of hydrogen-bond acceptors (Lipinski definition) is 2. The minimum atomic E-state index is 0.858. The number of nitrogens with one attached hydrogen (secondary N) is 1. The zero-order valence-electron chi connectivity index (χ0n) is 13.8. The highest BCUT2D eigenvalue weighted by Crippen LogP contribution is 2.32. The van der Waals surface area contributed by atoms with Crippen molar-refractivity contribution in [3.05, 3.63) is 103 Å². The first-order valence-electron chi connectivity index (χ1n) is 8.33. The molecule has 4 aromatic rings. The lowest BCUT2D eigenvalue weighted by Crippen LogP contribution is -1.97. The van der Waals surface area contributed by atoms with Crippen molar-refractivity contribution in [2.24, 2.45) is 0 Å². The molecule has 0 fully saturated rings. The molecule has 2 nitrogen and oxygen atoms in total. The molecule has 4 rings (SSSR count). The number of hydrogen-bond donors (Lipinski definition) is 1. The Hall–Kier alpha value is -3.39. The van der Waals surface area contributed by atoms with Crippen LogP contribution >= 0.6 is 0 Å². The second kappa shape index (κ2) is 7.02. The lowest BCUT2D eigenvalue weighted by molar-refractivity contribution is 1.31. The van der Waals surface area contributed by atoms with Gasteiger partial charge in [-0.3, -0.25) is 0 Å². The van der Waals surface area contributed by atoms with Gasteiger partial charge in [-0.1, -0.05) is 78.9 Å². The normalized spacial score (nSPS) is 10.4. The van der Waals surface area contributed by atoms with Crippen molar-refractivity contribution < 1.29 is 0 Å². The van der Waals surface area contributed by atoms with Gasteiger partial charge < -0.3 is 5.32 Å². The van der Waals surface area contributed by atoms with Crippen LogP contribution in [0.25, 0.3) is 22.3 Å². The molecule has 1 aromatic heterocycles. The third kappa shape index (κ3) is 3.43. The van der Waals surface area contributed by atoms with E-state index in [1.54, 1.807) is 0 Å². The molecule has 0 atom stereocenters. The molecule has 0 saturated carbocycles. The van der Waals surface area contributed by atoms with Gasteiger partial charge in [-0.2, -0.15) is 0 Å². The Morgan fingerprint density at radius 2 is 1.12 bits per heavy atom. The van der Waals surface area contributed by atoms with Gasteiger partial charge >= 0.3 is 0 Å². The highest BCUT2D eigenvalue weighted by Gasteiger charge is 2.09. The van der Waals surface area contributed by atoms with Gasteiger partial charge in [0.25, 0.3) is 0 Å². The van der Waals surface area contributed by atoms with Crippen molar-refractivity contribution in [1.29, 1.82) is 0 Å². The maximum atomic E-state index is 4.72. The van der Waals surface area contributed by atoms with Crippen molar-refractivity contribution >= 4 is 11.5 Å². The number of benzene rings is 3. The quantitative estimate of drug-likeness (QED) is 0.487. The summed E-state index contributed by atoms with van der Waals surface area (Å²) in [6.45, 7) is 0. The van der Waals surface area contributed by atoms with Crippen LogP contribution in [-0.2, 0) is 0 Å². The minimum Gasteiger partial charge on any atom is -0.340 e. The minimum absolute atomic E-state index is 0.858. The van der Waals surface area contributed by atoms with E-state index in [4.69, 9.17) is 4.98 Å². The Labute approximate surface area is 147 Å². The fourth-order valence-corrected chi connectivity index (χ4v) is 2.85. The van der Waals surface area contributed by atoms with E-state index >= 15 is 0 Å². The molecule has 0 aliphatic carbocycles. The highest BCUT2D eigenvalue weighted by atomic mass is 15.0. The fraction of sp³-hybridized carbons (Fsp3) is 0. The van der Waals surface area contributed by atoms with Crippen LogP contribution in [0.4, 0.5) is 11.5 Å². The molecule has 1 heterocycles. The van der Waals surface area contributed by atoms with Crippen LogP contribution in [-0.4, -0.2) is 4.98 Å². The van der Waals surface area contributed by atoms with Gasteiger partial charge in [0.2, 0.25) is 0 Å². The molecule has 1 N–H and O–H groups in total. The van der Waals surface area contributed by atoms with Crippen LogP contribution in [0.3, 0.4) is 0 Å². The van der Waals surface area contributed by atoms with Crippen LogP contribution < -0.4 is 5.32 Å². The average Bonchev–Trinajstić information content (AvgIpc) is 2.70. The number of nitrogens with zero attached hydrogens (tertiary/aromatic N) is 1. The molecule has 0 aliphatic heterocycles. The van der Waals surface area contributed by atoms with Crippen molar-refractivity contribution in [1.82, 2.24) is 4.98 Å². The summed E-state index contributed by atoms with van der Waals surface area (Å²) in [5.74, 6) is 0.858. The molecule has 0 unspecified atom stereocenters. The molecule has 0 saturated heterocycles. The highest BCUT2D eigenvalue weighted by molar-refractivity contribution is 5.82. The molecule has 3 aromatic carbocycles. The maximum Gasteiger partial charge on any atom is 0.138 e. The van der Waals surface area contributed by atoms with Gasteiger partial charge in [-0.25, -0.2) is 4.98 Å². The molecule has 0 radical (unpaired) electrons. The number of rotatable bonds is 4. The smallest absolute Gasteiger partial charge is 0.138 e. The summed E-state index contributed by atoms with van der Waals surface area (Å²) in [5.41, 5.74) is 5.54. The van der Waals surface area contributed by atoms with E-state index in [2.05, 4.69) is 47.8 Å². The van der Waals surface area contributed by atoms with E-state index in [9.17, 15) is 0 Å². The summed E-state index contributed by atoms with van der Waals surface area (Å²) in [6, 6.07) is 33.0. The summed E-state index contributed by atoms with van der Waals surface area (Å²) < 4.78 is 0. The lowest BCUT2D eigenvalue weighted by atomic mass is 10.0.